The second kappa shape index (κ2) is 5.26. The van der Waals surface area contributed by atoms with Crippen molar-refractivity contribution in [1.82, 2.24) is 19.7 Å². The molecule has 25 heavy (non-hydrogen) atoms. The second-order valence-electron chi connectivity index (χ2n) is 5.72. The zero-order chi connectivity index (χ0) is 17.7. The zero-order valence-corrected chi connectivity index (χ0v) is 13.2. The van der Waals surface area contributed by atoms with Gasteiger partial charge >= 0.3 is 0 Å². The molecule has 0 aliphatic carbocycles. The van der Waals surface area contributed by atoms with Crippen molar-refractivity contribution in [2.45, 2.75) is 0 Å². The van der Waals surface area contributed by atoms with E-state index in [1.807, 2.05) is 0 Å². The minimum atomic E-state index is -0.520. The van der Waals surface area contributed by atoms with Crippen molar-refractivity contribution in [3.05, 3.63) is 58.4 Å². The summed E-state index contributed by atoms with van der Waals surface area (Å²) in [6, 6.07) is 3.66. The highest BCUT2D eigenvalue weighted by atomic mass is 19.1. The van der Waals surface area contributed by atoms with E-state index >= 15 is 0 Å². The molecule has 0 fully saturated rings. The smallest absolute Gasteiger partial charge is 0.259 e. The number of aromatic nitrogens is 4. The first-order chi connectivity index (χ1) is 11.9. The number of Topliss-reactive ketones (excluding diaryl/α,β-unsaturated/α-hetero) is 1. The third kappa shape index (κ3) is 2.36. The molecule has 0 saturated heterocycles. The number of nitrogens with zero attached hydrogens (tertiary/aromatic N) is 4. The Bertz CT molecular complexity index is 1110. The number of aromatic amines is 1. The Morgan fingerprint density at radius 2 is 2.12 bits per heavy atom. The maximum absolute atomic E-state index is 13.4. The predicted molar refractivity (Wildman–Crippen MR) is 89.0 cm³/mol. The Morgan fingerprint density at radius 1 is 1.32 bits per heavy atom. The van der Waals surface area contributed by atoms with E-state index in [1.165, 1.54) is 12.1 Å². The van der Waals surface area contributed by atoms with Gasteiger partial charge in [-0.25, -0.2) is 9.37 Å². The summed E-state index contributed by atoms with van der Waals surface area (Å²) < 4.78 is 15.0. The molecule has 1 aromatic carbocycles. The molecule has 3 aromatic rings. The second-order valence-corrected chi connectivity index (χ2v) is 5.72. The van der Waals surface area contributed by atoms with Gasteiger partial charge in [0.15, 0.2) is 5.78 Å². The molecule has 126 valence electrons. The van der Waals surface area contributed by atoms with Crippen molar-refractivity contribution in [2.24, 2.45) is 12.8 Å². The number of benzene rings is 1. The molecule has 1 aliphatic rings. The number of anilines is 1. The van der Waals surface area contributed by atoms with Crippen molar-refractivity contribution in [3.8, 4) is 0 Å². The van der Waals surface area contributed by atoms with Gasteiger partial charge in [0.2, 0.25) is 0 Å². The van der Waals surface area contributed by atoms with Gasteiger partial charge in [-0.1, -0.05) is 0 Å². The Labute approximate surface area is 140 Å². The van der Waals surface area contributed by atoms with Crippen LogP contribution in [0.5, 0.6) is 0 Å². The highest BCUT2D eigenvalue weighted by Gasteiger charge is 2.32. The summed E-state index contributed by atoms with van der Waals surface area (Å²) in [5, 5.41) is 4.29. The molecule has 3 N–H and O–H groups in total. The first-order valence-corrected chi connectivity index (χ1v) is 7.43. The first kappa shape index (κ1) is 15.1. The quantitative estimate of drug-likeness (QED) is 0.703. The molecule has 0 atom stereocenters. The van der Waals surface area contributed by atoms with Crippen LogP contribution in [0, 0.1) is 5.82 Å². The van der Waals surface area contributed by atoms with E-state index in [-0.39, 0.29) is 40.4 Å². The van der Waals surface area contributed by atoms with Gasteiger partial charge in [0.05, 0.1) is 29.3 Å². The lowest BCUT2D eigenvalue weighted by Gasteiger charge is -2.15. The first-order valence-electron chi connectivity index (χ1n) is 7.43. The fraction of sp³-hybridized carbons (Fsp3) is 0.125. The Kier molecular flexibility index (Phi) is 3.17. The standard InChI is InChI=1S/C16H13FN6O2/c1-22-6-9(5-19-22)23-7-12(24)13(14(23)18)15-20-11-4-8(17)2-3-10(11)16(25)21-15/h2-6H,7,18H2,1H3,(H,20,21,25). The van der Waals surface area contributed by atoms with Crippen LogP contribution in [0.3, 0.4) is 0 Å². The van der Waals surface area contributed by atoms with Gasteiger partial charge in [0.1, 0.15) is 23.0 Å². The van der Waals surface area contributed by atoms with E-state index in [9.17, 15) is 14.0 Å². The zero-order valence-electron chi connectivity index (χ0n) is 13.2. The average molecular weight is 340 g/mol. The van der Waals surface area contributed by atoms with Gasteiger partial charge in [-0.15, -0.1) is 0 Å². The molecule has 0 radical (unpaired) electrons. The molecule has 0 spiro atoms. The normalized spacial score (nSPS) is 14.8. The van der Waals surface area contributed by atoms with Crippen molar-refractivity contribution in [2.75, 3.05) is 11.4 Å². The van der Waals surface area contributed by atoms with Crippen LogP contribution in [0.15, 0.2) is 41.2 Å². The van der Waals surface area contributed by atoms with E-state index in [2.05, 4.69) is 15.1 Å². The van der Waals surface area contributed by atoms with Crippen LogP contribution in [-0.2, 0) is 11.8 Å². The Balaban J connectivity index is 1.88. The SMILES string of the molecule is Cn1cc(N2CC(=O)C(c3nc4cc(F)ccc4c(=O)[nH]3)=C2N)cn1. The fourth-order valence-corrected chi connectivity index (χ4v) is 2.85. The lowest BCUT2D eigenvalue weighted by molar-refractivity contribution is -0.112. The third-order valence-electron chi connectivity index (χ3n) is 4.04. The van der Waals surface area contributed by atoms with Gasteiger partial charge in [-0.05, 0) is 12.1 Å². The summed E-state index contributed by atoms with van der Waals surface area (Å²) in [4.78, 5) is 33.0. The van der Waals surface area contributed by atoms with E-state index < -0.39 is 11.4 Å². The molecule has 1 aliphatic heterocycles. The number of nitrogens with one attached hydrogen (secondary N) is 1. The van der Waals surface area contributed by atoms with Gasteiger partial charge < -0.3 is 15.6 Å². The predicted octanol–water partition coefficient (Wildman–Crippen LogP) is 0.512. The van der Waals surface area contributed by atoms with Crippen LogP contribution < -0.4 is 16.2 Å². The molecule has 0 bridgehead atoms. The topological polar surface area (TPSA) is 110 Å². The highest BCUT2D eigenvalue weighted by Crippen LogP contribution is 2.28. The summed E-state index contributed by atoms with van der Waals surface area (Å²) in [6.45, 7) is 0.0117. The number of halogens is 1. The molecule has 0 saturated carbocycles. The molecular formula is C16H13FN6O2. The van der Waals surface area contributed by atoms with Crippen LogP contribution in [-0.4, -0.2) is 32.1 Å². The fourth-order valence-electron chi connectivity index (χ4n) is 2.85. The van der Waals surface area contributed by atoms with Crippen molar-refractivity contribution in [3.63, 3.8) is 0 Å². The van der Waals surface area contributed by atoms with Crippen LogP contribution in [0.2, 0.25) is 0 Å². The minimum Gasteiger partial charge on any atom is -0.384 e. The van der Waals surface area contributed by atoms with E-state index in [0.29, 0.717) is 5.69 Å². The number of fused-ring (bicyclic) bond motifs is 1. The Hall–Kier alpha value is -3.49. The lowest BCUT2D eigenvalue weighted by Crippen LogP contribution is -2.24. The lowest BCUT2D eigenvalue weighted by atomic mass is 10.1. The van der Waals surface area contributed by atoms with Crippen LogP contribution in [0.1, 0.15) is 5.82 Å². The molecule has 0 amide bonds. The van der Waals surface area contributed by atoms with Gasteiger partial charge in [0, 0.05) is 19.3 Å². The number of rotatable bonds is 2. The molecular weight excluding hydrogens is 327 g/mol. The highest BCUT2D eigenvalue weighted by molar-refractivity contribution is 6.25. The summed E-state index contributed by atoms with van der Waals surface area (Å²) in [5.74, 6) is -0.623. The number of carbonyl (C=O) groups is 1. The van der Waals surface area contributed by atoms with Crippen LogP contribution >= 0.6 is 0 Å². The number of carbonyl (C=O) groups excluding carboxylic acids is 1. The third-order valence-corrected chi connectivity index (χ3v) is 4.04. The minimum absolute atomic E-state index is 0.0117. The van der Waals surface area contributed by atoms with Gasteiger partial charge in [-0.2, -0.15) is 5.10 Å². The maximum Gasteiger partial charge on any atom is 0.259 e. The van der Waals surface area contributed by atoms with Crippen molar-refractivity contribution in [1.29, 1.82) is 0 Å². The largest absolute Gasteiger partial charge is 0.384 e. The number of hydrogen-bond acceptors (Lipinski definition) is 6. The Morgan fingerprint density at radius 3 is 2.84 bits per heavy atom. The van der Waals surface area contributed by atoms with E-state index in [0.717, 1.165) is 6.07 Å². The number of aryl methyl sites for hydroxylation is 1. The van der Waals surface area contributed by atoms with E-state index in [4.69, 9.17) is 5.73 Å². The maximum atomic E-state index is 13.4. The molecule has 0 unspecified atom stereocenters. The molecule has 9 heteroatoms. The van der Waals surface area contributed by atoms with E-state index in [1.54, 1.807) is 29.0 Å². The number of H-pyrrole nitrogens is 1. The van der Waals surface area contributed by atoms with Gasteiger partial charge in [0.25, 0.3) is 5.56 Å². The number of nitrogens with two attached hydrogens (primary N) is 1. The number of hydrogen-bond donors (Lipinski definition) is 2. The van der Waals surface area contributed by atoms with Gasteiger partial charge in [-0.3, -0.25) is 14.3 Å². The molecule has 2 aromatic heterocycles. The number of ketones is 1. The summed E-state index contributed by atoms with van der Waals surface area (Å²) in [5.41, 5.74) is 6.57. The van der Waals surface area contributed by atoms with Crippen LogP contribution in [0.25, 0.3) is 16.5 Å². The van der Waals surface area contributed by atoms with Crippen molar-refractivity contribution < 1.29 is 9.18 Å². The summed E-state index contributed by atoms with van der Waals surface area (Å²) in [6.07, 6.45) is 3.30. The summed E-state index contributed by atoms with van der Waals surface area (Å²) >= 11 is 0. The van der Waals surface area contributed by atoms with Crippen molar-refractivity contribution >= 4 is 27.9 Å². The molecule has 4 rings (SSSR count). The summed E-state index contributed by atoms with van der Waals surface area (Å²) in [7, 11) is 1.75. The molecule has 8 nitrogen and oxygen atoms in total. The monoisotopic (exact) mass is 340 g/mol. The average Bonchev–Trinajstić information content (AvgIpc) is 3.10. The van der Waals surface area contributed by atoms with Crippen LogP contribution in [0.4, 0.5) is 10.1 Å². The molecule has 3 heterocycles.